The Hall–Kier alpha value is -3.50. The van der Waals surface area contributed by atoms with Crippen LogP contribution in [0.1, 0.15) is 83.2 Å². The Bertz CT molecular complexity index is 1610. The van der Waals surface area contributed by atoms with E-state index < -0.39 is 5.41 Å². The molecule has 1 spiro atoms. The Morgan fingerprint density at radius 2 is 1.76 bits per heavy atom. The molecule has 0 atom stereocenters. The van der Waals surface area contributed by atoms with Gasteiger partial charge in [0.25, 0.3) is 0 Å². The van der Waals surface area contributed by atoms with Crippen molar-refractivity contribution in [2.24, 2.45) is 0 Å². The van der Waals surface area contributed by atoms with Crippen molar-refractivity contribution in [2.45, 2.75) is 101 Å². The minimum atomic E-state index is -0.563. The number of hydrogen-bond donors (Lipinski definition) is 1. The zero-order valence-corrected chi connectivity index (χ0v) is 27.3. The van der Waals surface area contributed by atoms with Gasteiger partial charge in [-0.05, 0) is 96.0 Å². The second-order valence-electron chi connectivity index (χ2n) is 14.5. The number of fused-ring (bicyclic) bond motifs is 3. The molecule has 244 valence electrons. The van der Waals surface area contributed by atoms with E-state index in [0.717, 1.165) is 84.7 Å². The van der Waals surface area contributed by atoms with Crippen molar-refractivity contribution in [3.05, 3.63) is 36.2 Å². The van der Waals surface area contributed by atoms with E-state index in [9.17, 15) is 9.59 Å². The highest BCUT2D eigenvalue weighted by Crippen LogP contribution is 2.52. The van der Waals surface area contributed by atoms with Crippen LogP contribution in [0.25, 0.3) is 22.3 Å². The monoisotopic (exact) mass is 625 g/mol. The van der Waals surface area contributed by atoms with E-state index in [-0.39, 0.29) is 18.0 Å². The lowest BCUT2D eigenvalue weighted by Gasteiger charge is -2.48. The number of likely N-dealkylation sites (tertiary alicyclic amines) is 2. The number of hydrogen-bond acceptors (Lipinski definition) is 7. The Balaban J connectivity index is 1.17. The Labute approximate surface area is 271 Å². The highest BCUT2D eigenvalue weighted by Gasteiger charge is 2.55. The third kappa shape index (κ3) is 4.99. The highest BCUT2D eigenvalue weighted by atomic mass is 16.5. The summed E-state index contributed by atoms with van der Waals surface area (Å²) in [6.07, 6.45) is 12.0. The first-order valence-corrected chi connectivity index (χ1v) is 17.6. The number of rotatable bonds is 7. The second kappa shape index (κ2) is 11.9. The first-order valence-electron chi connectivity index (χ1n) is 17.6. The number of carbonyl (C=O) groups excluding carboxylic acids is 2. The van der Waals surface area contributed by atoms with Gasteiger partial charge in [0.1, 0.15) is 5.52 Å². The Morgan fingerprint density at radius 1 is 1.00 bits per heavy atom. The minimum absolute atomic E-state index is 0.208. The van der Waals surface area contributed by atoms with Gasteiger partial charge in [-0.1, -0.05) is 18.6 Å². The van der Waals surface area contributed by atoms with Crippen molar-refractivity contribution in [2.75, 3.05) is 49.6 Å². The average Bonchev–Trinajstić information content (AvgIpc) is 3.60. The fourth-order valence-corrected chi connectivity index (χ4v) is 8.69. The van der Waals surface area contributed by atoms with Gasteiger partial charge in [0.05, 0.1) is 23.0 Å². The molecule has 0 radical (unpaired) electrons. The van der Waals surface area contributed by atoms with Gasteiger partial charge in [-0.15, -0.1) is 0 Å². The van der Waals surface area contributed by atoms with E-state index in [1.54, 1.807) is 0 Å². The summed E-state index contributed by atoms with van der Waals surface area (Å²) in [5.41, 5.74) is 5.42. The summed E-state index contributed by atoms with van der Waals surface area (Å²) in [5, 5.41) is 3.76. The molecule has 8 rings (SSSR count). The van der Waals surface area contributed by atoms with Gasteiger partial charge >= 0.3 is 0 Å². The summed E-state index contributed by atoms with van der Waals surface area (Å²) in [6.45, 7) is 9.45. The average molecular weight is 626 g/mol. The van der Waals surface area contributed by atoms with E-state index in [4.69, 9.17) is 14.7 Å². The van der Waals surface area contributed by atoms with Crippen molar-refractivity contribution in [1.29, 1.82) is 0 Å². The number of ether oxygens (including phenoxy) is 1. The lowest BCUT2D eigenvalue weighted by molar-refractivity contribution is -0.128. The SMILES string of the molecule is CC(C)n1cnc2cc(-c3ccc4c(c3)N(C3CC(N5CCCCC5)C3)C(=O)C43CCN(C=O)CC3)nc(NC3CCOCC3)c21. The maximum absolute atomic E-state index is 14.6. The zero-order chi connectivity index (χ0) is 31.4. The molecular formula is C36H47N7O3. The molecule has 10 nitrogen and oxygen atoms in total. The number of amides is 2. The van der Waals surface area contributed by atoms with E-state index in [1.165, 1.54) is 32.4 Å². The number of aromatic nitrogens is 3. The number of nitrogens with zero attached hydrogens (tertiary/aromatic N) is 6. The largest absolute Gasteiger partial charge is 0.381 e. The van der Waals surface area contributed by atoms with E-state index >= 15 is 0 Å². The van der Waals surface area contributed by atoms with Gasteiger partial charge in [0.15, 0.2) is 5.82 Å². The number of anilines is 2. The lowest BCUT2D eigenvalue weighted by Crippen LogP contribution is -2.58. The molecule has 1 saturated carbocycles. The molecule has 2 amide bonds. The first-order chi connectivity index (χ1) is 22.4. The molecule has 3 saturated heterocycles. The Morgan fingerprint density at radius 3 is 2.48 bits per heavy atom. The topological polar surface area (TPSA) is 95.8 Å². The van der Waals surface area contributed by atoms with Crippen molar-refractivity contribution in [3.63, 3.8) is 0 Å². The van der Waals surface area contributed by atoms with Crippen LogP contribution in [-0.2, 0) is 19.7 Å². The molecule has 0 unspecified atom stereocenters. The van der Waals surface area contributed by atoms with Crippen LogP contribution in [0.15, 0.2) is 30.6 Å². The van der Waals surface area contributed by atoms with Crippen LogP contribution in [0.5, 0.6) is 0 Å². The van der Waals surface area contributed by atoms with Crippen LogP contribution in [0.4, 0.5) is 11.5 Å². The fourth-order valence-electron chi connectivity index (χ4n) is 8.69. The summed E-state index contributed by atoms with van der Waals surface area (Å²) in [4.78, 5) is 42.9. The molecule has 5 aliphatic rings. The van der Waals surface area contributed by atoms with Crippen LogP contribution in [-0.4, -0.2) is 94.2 Å². The first kappa shape index (κ1) is 29.9. The van der Waals surface area contributed by atoms with E-state index in [0.29, 0.717) is 38.0 Å². The maximum atomic E-state index is 14.6. The normalized spacial score (nSPS) is 25.3. The van der Waals surface area contributed by atoms with Gasteiger partial charge in [-0.3, -0.25) is 9.59 Å². The number of pyridine rings is 1. The van der Waals surface area contributed by atoms with E-state index in [1.807, 2.05) is 11.2 Å². The number of imidazole rings is 1. The van der Waals surface area contributed by atoms with Crippen LogP contribution in [0, 0.1) is 0 Å². The molecular weight excluding hydrogens is 578 g/mol. The van der Waals surface area contributed by atoms with Crippen molar-refractivity contribution in [3.8, 4) is 11.3 Å². The quantitative estimate of drug-likeness (QED) is 0.364. The van der Waals surface area contributed by atoms with Gasteiger partial charge < -0.3 is 29.3 Å². The predicted molar refractivity (Wildman–Crippen MR) is 179 cm³/mol. The Kier molecular flexibility index (Phi) is 7.75. The summed E-state index contributed by atoms with van der Waals surface area (Å²) in [6, 6.07) is 9.97. The molecule has 4 aliphatic heterocycles. The molecule has 6 heterocycles. The van der Waals surface area contributed by atoms with Crippen molar-refractivity contribution >= 4 is 34.9 Å². The highest BCUT2D eigenvalue weighted by molar-refractivity contribution is 6.09. The third-order valence-electron chi connectivity index (χ3n) is 11.5. The second-order valence-corrected chi connectivity index (χ2v) is 14.5. The molecule has 1 aromatic carbocycles. The lowest BCUT2D eigenvalue weighted by atomic mass is 9.73. The third-order valence-corrected chi connectivity index (χ3v) is 11.5. The van der Waals surface area contributed by atoms with Crippen molar-refractivity contribution < 1.29 is 14.3 Å². The zero-order valence-electron chi connectivity index (χ0n) is 27.3. The fraction of sp³-hybridized carbons (Fsp3) is 0.611. The van der Waals surface area contributed by atoms with Crippen LogP contribution in [0.2, 0.25) is 0 Å². The number of piperidine rings is 2. The van der Waals surface area contributed by atoms with Gasteiger partial charge in [-0.2, -0.15) is 0 Å². The summed E-state index contributed by atoms with van der Waals surface area (Å²) in [7, 11) is 0. The van der Waals surface area contributed by atoms with Gasteiger partial charge in [0.2, 0.25) is 12.3 Å². The van der Waals surface area contributed by atoms with Crippen LogP contribution >= 0.6 is 0 Å². The molecule has 1 N–H and O–H groups in total. The minimum Gasteiger partial charge on any atom is -0.381 e. The molecule has 2 aromatic heterocycles. The molecule has 0 bridgehead atoms. The smallest absolute Gasteiger partial charge is 0.238 e. The van der Waals surface area contributed by atoms with Crippen LogP contribution < -0.4 is 10.2 Å². The van der Waals surface area contributed by atoms with Crippen LogP contribution in [0.3, 0.4) is 0 Å². The molecule has 4 fully saturated rings. The maximum Gasteiger partial charge on any atom is 0.238 e. The number of nitrogens with one attached hydrogen (secondary N) is 1. The van der Waals surface area contributed by atoms with E-state index in [2.05, 4.69) is 57.8 Å². The standard InChI is InChI=1S/C36H47N7O3/c1-24(2)42-22-37-31-21-30(39-34(33(31)42)38-26-8-16-46-17-9-26)25-6-7-29-32(18-25)43(28-19-27(20-28)41-12-4-3-5-13-41)35(45)36(29)10-14-40(23-44)15-11-36/h6-7,18,21-24,26-28H,3-5,8-17,19-20H2,1-2H3,(H,38,39). The molecule has 10 heteroatoms. The summed E-state index contributed by atoms with van der Waals surface area (Å²) in [5.74, 6) is 1.09. The van der Waals surface area contributed by atoms with Gasteiger partial charge in [0, 0.05) is 61.7 Å². The van der Waals surface area contributed by atoms with Gasteiger partial charge in [-0.25, -0.2) is 9.97 Å². The number of benzene rings is 1. The predicted octanol–water partition coefficient (Wildman–Crippen LogP) is 5.12. The molecule has 3 aromatic rings. The molecule has 46 heavy (non-hydrogen) atoms. The van der Waals surface area contributed by atoms with Crippen molar-refractivity contribution in [1.82, 2.24) is 24.3 Å². The summed E-state index contributed by atoms with van der Waals surface area (Å²) >= 11 is 0. The number of carbonyl (C=O) groups is 2. The molecule has 1 aliphatic carbocycles. The summed E-state index contributed by atoms with van der Waals surface area (Å²) < 4.78 is 7.82.